The molecule has 2 aromatic carbocycles. The van der Waals surface area contributed by atoms with Gasteiger partial charge in [0, 0.05) is 48.8 Å². The van der Waals surface area contributed by atoms with Crippen LogP contribution in [-0.4, -0.2) is 26.6 Å². The summed E-state index contributed by atoms with van der Waals surface area (Å²) in [7, 11) is 0. The van der Waals surface area contributed by atoms with Crippen LogP contribution in [0.1, 0.15) is 45.0 Å². The van der Waals surface area contributed by atoms with Gasteiger partial charge >= 0.3 is 0 Å². The zero-order valence-corrected chi connectivity index (χ0v) is 17.4. The Bertz CT molecular complexity index is 1140. The molecule has 0 aliphatic rings. The Hall–Kier alpha value is -4.12. The molecule has 0 atom stereocenters. The van der Waals surface area contributed by atoms with Gasteiger partial charge in [-0.3, -0.25) is 19.6 Å². The Morgan fingerprint density at radius 1 is 0.688 bits per heavy atom. The van der Waals surface area contributed by atoms with Crippen LogP contribution in [0.3, 0.4) is 0 Å². The van der Waals surface area contributed by atoms with E-state index >= 15 is 0 Å². The highest BCUT2D eigenvalue weighted by molar-refractivity contribution is 5.99. The van der Waals surface area contributed by atoms with Crippen LogP contribution < -0.4 is 0 Å². The minimum absolute atomic E-state index is 0.0512. The number of aromatic hydroxyl groups is 1. The number of phenols is 1. The Labute approximate surface area is 186 Å². The van der Waals surface area contributed by atoms with Crippen molar-refractivity contribution in [2.24, 2.45) is 0 Å². The molecule has 5 heteroatoms. The fraction of sp³-hybridized carbons (Fsp3) is 0.111. The summed E-state index contributed by atoms with van der Waals surface area (Å²) in [4.78, 5) is 33.8. The Morgan fingerprint density at radius 3 is 1.59 bits per heavy atom. The van der Waals surface area contributed by atoms with Gasteiger partial charge < -0.3 is 5.11 Å². The Balaban J connectivity index is 1.59. The smallest absolute Gasteiger partial charge is 0.165 e. The molecular formula is C27H22N2O3. The maximum Gasteiger partial charge on any atom is 0.165 e. The molecule has 0 amide bonds. The molecule has 32 heavy (non-hydrogen) atoms. The average molecular weight is 422 g/mol. The number of hydrogen-bond acceptors (Lipinski definition) is 5. The van der Waals surface area contributed by atoms with Crippen molar-refractivity contribution in [2.45, 2.75) is 18.8 Å². The van der Waals surface area contributed by atoms with Crippen LogP contribution in [0.4, 0.5) is 0 Å². The predicted octanol–water partition coefficient (Wildman–Crippen LogP) is 5.48. The highest BCUT2D eigenvalue weighted by Crippen LogP contribution is 2.30. The van der Waals surface area contributed by atoms with E-state index < -0.39 is 0 Å². The lowest BCUT2D eigenvalue weighted by Crippen LogP contribution is -2.13. The number of nitrogens with zero attached hydrogens (tertiary/aromatic N) is 2. The average Bonchev–Trinajstić information content (AvgIpc) is 2.85. The molecule has 0 aliphatic heterocycles. The molecule has 0 radical (unpaired) electrons. The van der Waals surface area contributed by atoms with Crippen molar-refractivity contribution in [3.63, 3.8) is 0 Å². The Morgan fingerprint density at radius 2 is 1.16 bits per heavy atom. The number of ketones is 2. The summed E-state index contributed by atoms with van der Waals surface area (Å²) in [6, 6.07) is 21.8. The standard InChI is InChI=1S/C27H22N2O3/c30-25-11-9-20(10-12-25)19-5-7-21(8-6-19)24(15-26(31)22-3-1-13-28-17-22)16-27(32)23-4-2-14-29-18-23/h1-14,17-18,24,30H,15-16H2. The van der Waals surface area contributed by atoms with Crippen molar-refractivity contribution in [3.8, 4) is 16.9 Å². The quantitative estimate of drug-likeness (QED) is 0.380. The van der Waals surface area contributed by atoms with E-state index in [-0.39, 0.29) is 36.1 Å². The van der Waals surface area contributed by atoms with Crippen molar-refractivity contribution in [1.82, 2.24) is 9.97 Å². The first-order valence-electron chi connectivity index (χ1n) is 10.4. The van der Waals surface area contributed by atoms with Gasteiger partial charge in [-0.25, -0.2) is 0 Å². The van der Waals surface area contributed by atoms with Crippen LogP contribution in [-0.2, 0) is 0 Å². The van der Waals surface area contributed by atoms with Gasteiger partial charge in [0.2, 0.25) is 0 Å². The molecule has 158 valence electrons. The number of rotatable bonds is 8. The van der Waals surface area contributed by atoms with Crippen molar-refractivity contribution >= 4 is 11.6 Å². The van der Waals surface area contributed by atoms with E-state index in [0.717, 1.165) is 16.7 Å². The zero-order valence-electron chi connectivity index (χ0n) is 17.4. The van der Waals surface area contributed by atoms with Crippen LogP contribution in [0, 0.1) is 0 Å². The first kappa shape index (κ1) is 21.1. The summed E-state index contributed by atoms with van der Waals surface area (Å²) in [6.45, 7) is 0. The van der Waals surface area contributed by atoms with Crippen LogP contribution in [0.2, 0.25) is 0 Å². The minimum atomic E-state index is -0.274. The molecule has 0 aliphatic carbocycles. The molecule has 0 saturated heterocycles. The maximum absolute atomic E-state index is 12.9. The summed E-state index contributed by atoms with van der Waals surface area (Å²) in [5.74, 6) is -0.160. The van der Waals surface area contributed by atoms with Crippen molar-refractivity contribution in [2.75, 3.05) is 0 Å². The number of Topliss-reactive ketones (excluding diaryl/α,β-unsaturated/α-hetero) is 2. The number of aromatic nitrogens is 2. The number of carbonyl (C=O) groups excluding carboxylic acids is 2. The topological polar surface area (TPSA) is 80.2 Å². The van der Waals surface area contributed by atoms with E-state index in [4.69, 9.17) is 0 Å². The van der Waals surface area contributed by atoms with Gasteiger partial charge in [0.15, 0.2) is 11.6 Å². The molecule has 0 bridgehead atoms. The third-order valence-electron chi connectivity index (χ3n) is 5.41. The summed E-state index contributed by atoms with van der Waals surface area (Å²) in [6.07, 6.45) is 6.77. The third kappa shape index (κ3) is 5.13. The molecule has 2 heterocycles. The van der Waals surface area contributed by atoms with Gasteiger partial charge in [-0.2, -0.15) is 0 Å². The fourth-order valence-corrected chi connectivity index (χ4v) is 3.65. The minimum Gasteiger partial charge on any atom is -0.508 e. The van der Waals surface area contributed by atoms with E-state index in [2.05, 4.69) is 9.97 Å². The van der Waals surface area contributed by atoms with E-state index in [0.29, 0.717) is 11.1 Å². The summed E-state index contributed by atoms with van der Waals surface area (Å²) >= 11 is 0. The molecule has 4 aromatic rings. The van der Waals surface area contributed by atoms with Gasteiger partial charge in [0.05, 0.1) is 0 Å². The lowest BCUT2D eigenvalue weighted by Gasteiger charge is -2.17. The summed E-state index contributed by atoms with van der Waals surface area (Å²) in [5.41, 5.74) is 3.95. The van der Waals surface area contributed by atoms with E-state index in [1.807, 2.05) is 36.4 Å². The second-order valence-electron chi connectivity index (χ2n) is 7.60. The van der Waals surface area contributed by atoms with Crippen LogP contribution in [0.5, 0.6) is 5.75 Å². The van der Waals surface area contributed by atoms with Gasteiger partial charge in [-0.05, 0) is 59.0 Å². The molecule has 0 unspecified atom stereocenters. The van der Waals surface area contributed by atoms with Crippen molar-refractivity contribution in [3.05, 3.63) is 114 Å². The number of phenolic OH excluding ortho intramolecular Hbond substituents is 1. The van der Waals surface area contributed by atoms with Gasteiger partial charge in [0.25, 0.3) is 0 Å². The molecule has 0 saturated carbocycles. The molecule has 4 rings (SSSR count). The number of carbonyl (C=O) groups is 2. The van der Waals surface area contributed by atoms with Crippen molar-refractivity contribution < 1.29 is 14.7 Å². The first-order chi connectivity index (χ1) is 15.6. The van der Waals surface area contributed by atoms with Crippen LogP contribution in [0.15, 0.2) is 97.6 Å². The Kier molecular flexibility index (Phi) is 6.46. The van der Waals surface area contributed by atoms with E-state index in [1.54, 1.807) is 61.2 Å². The fourth-order valence-electron chi connectivity index (χ4n) is 3.65. The largest absolute Gasteiger partial charge is 0.508 e. The SMILES string of the molecule is O=C(CC(CC(=O)c1cccnc1)c1ccc(-c2ccc(O)cc2)cc1)c1cccnc1. The lowest BCUT2D eigenvalue weighted by molar-refractivity contribution is 0.0944. The number of benzene rings is 2. The van der Waals surface area contributed by atoms with Gasteiger partial charge in [-0.1, -0.05) is 36.4 Å². The van der Waals surface area contributed by atoms with Crippen molar-refractivity contribution in [1.29, 1.82) is 0 Å². The predicted molar refractivity (Wildman–Crippen MR) is 123 cm³/mol. The molecule has 2 aromatic heterocycles. The third-order valence-corrected chi connectivity index (χ3v) is 5.41. The number of pyridine rings is 2. The second kappa shape index (κ2) is 9.79. The van der Waals surface area contributed by atoms with Crippen LogP contribution in [0.25, 0.3) is 11.1 Å². The van der Waals surface area contributed by atoms with E-state index in [1.165, 1.54) is 0 Å². The maximum atomic E-state index is 12.9. The highest BCUT2D eigenvalue weighted by atomic mass is 16.3. The molecular weight excluding hydrogens is 400 g/mol. The summed E-state index contributed by atoms with van der Waals surface area (Å²) < 4.78 is 0. The highest BCUT2D eigenvalue weighted by Gasteiger charge is 2.21. The molecule has 1 N–H and O–H groups in total. The van der Waals surface area contributed by atoms with Crippen LogP contribution >= 0.6 is 0 Å². The van der Waals surface area contributed by atoms with Gasteiger partial charge in [-0.15, -0.1) is 0 Å². The lowest BCUT2D eigenvalue weighted by atomic mass is 9.86. The number of hydrogen-bond donors (Lipinski definition) is 1. The zero-order chi connectivity index (χ0) is 22.3. The van der Waals surface area contributed by atoms with E-state index in [9.17, 15) is 14.7 Å². The normalized spacial score (nSPS) is 10.8. The first-order valence-corrected chi connectivity index (χ1v) is 10.4. The van der Waals surface area contributed by atoms with Gasteiger partial charge in [0.1, 0.15) is 5.75 Å². The molecule has 5 nitrogen and oxygen atoms in total. The monoisotopic (exact) mass is 422 g/mol. The molecule has 0 fully saturated rings. The molecule has 0 spiro atoms. The summed E-state index contributed by atoms with van der Waals surface area (Å²) in [5, 5.41) is 9.50. The second-order valence-corrected chi connectivity index (χ2v) is 7.60.